The molecular weight excluding hydrogens is 268 g/mol. The molecule has 21 heavy (non-hydrogen) atoms. The highest BCUT2D eigenvalue weighted by atomic mass is 16.5. The zero-order valence-corrected chi connectivity index (χ0v) is 12.4. The molecule has 1 aliphatic carbocycles. The molecule has 1 saturated carbocycles. The van der Waals surface area contributed by atoms with Crippen molar-refractivity contribution in [2.24, 2.45) is 5.92 Å². The van der Waals surface area contributed by atoms with E-state index in [-0.39, 0.29) is 11.8 Å². The number of morpholine rings is 1. The normalized spacial score (nSPS) is 19.0. The number of nitrogens with one attached hydrogen (secondary N) is 1. The smallest absolute Gasteiger partial charge is 0.227 e. The van der Waals surface area contributed by atoms with Crippen molar-refractivity contribution in [3.63, 3.8) is 0 Å². The van der Waals surface area contributed by atoms with Crippen molar-refractivity contribution >= 4 is 17.3 Å². The monoisotopic (exact) mass is 290 g/mol. The SMILES string of the molecule is COc1ccc(N2CCOCC2)cc1NC(=O)C1CCC1. The van der Waals surface area contributed by atoms with Crippen molar-refractivity contribution in [3.8, 4) is 5.75 Å². The fraction of sp³-hybridized carbons (Fsp3) is 0.562. The van der Waals surface area contributed by atoms with Crippen LogP contribution in [0, 0.1) is 5.92 Å². The number of hydrogen-bond acceptors (Lipinski definition) is 4. The van der Waals surface area contributed by atoms with Crippen molar-refractivity contribution < 1.29 is 14.3 Å². The molecule has 114 valence electrons. The van der Waals surface area contributed by atoms with Crippen LogP contribution in [0.4, 0.5) is 11.4 Å². The molecule has 1 aromatic carbocycles. The molecule has 1 amide bonds. The van der Waals surface area contributed by atoms with Gasteiger partial charge in [-0.25, -0.2) is 0 Å². The summed E-state index contributed by atoms with van der Waals surface area (Å²) in [5.74, 6) is 0.986. The van der Waals surface area contributed by atoms with Gasteiger partial charge in [-0.2, -0.15) is 0 Å². The van der Waals surface area contributed by atoms with E-state index in [2.05, 4.69) is 10.2 Å². The van der Waals surface area contributed by atoms with Crippen molar-refractivity contribution in [1.29, 1.82) is 0 Å². The molecule has 1 aromatic rings. The number of anilines is 2. The summed E-state index contributed by atoms with van der Waals surface area (Å²) >= 11 is 0. The van der Waals surface area contributed by atoms with Crippen LogP contribution in [0.5, 0.6) is 5.75 Å². The summed E-state index contributed by atoms with van der Waals surface area (Å²) in [5.41, 5.74) is 1.86. The van der Waals surface area contributed by atoms with Gasteiger partial charge < -0.3 is 19.7 Å². The summed E-state index contributed by atoms with van der Waals surface area (Å²) in [5, 5.41) is 3.02. The lowest BCUT2D eigenvalue weighted by Gasteiger charge is -2.30. The molecule has 3 rings (SSSR count). The number of amides is 1. The molecule has 0 unspecified atom stereocenters. The number of carbonyl (C=O) groups is 1. The Bertz CT molecular complexity index is 508. The molecule has 0 spiro atoms. The average molecular weight is 290 g/mol. The number of methoxy groups -OCH3 is 1. The van der Waals surface area contributed by atoms with Gasteiger partial charge in [-0.05, 0) is 31.0 Å². The van der Waals surface area contributed by atoms with Gasteiger partial charge in [0.1, 0.15) is 5.75 Å². The molecule has 2 aliphatic rings. The molecule has 1 N–H and O–H groups in total. The van der Waals surface area contributed by atoms with Crippen LogP contribution in [0.2, 0.25) is 0 Å². The minimum absolute atomic E-state index is 0.110. The third kappa shape index (κ3) is 3.13. The van der Waals surface area contributed by atoms with E-state index in [0.29, 0.717) is 5.75 Å². The largest absolute Gasteiger partial charge is 0.495 e. The van der Waals surface area contributed by atoms with E-state index >= 15 is 0 Å². The minimum Gasteiger partial charge on any atom is -0.495 e. The maximum atomic E-state index is 12.2. The van der Waals surface area contributed by atoms with Gasteiger partial charge in [0.05, 0.1) is 26.0 Å². The number of ether oxygens (including phenoxy) is 2. The van der Waals surface area contributed by atoms with Gasteiger partial charge in [0.25, 0.3) is 0 Å². The first-order chi connectivity index (χ1) is 10.3. The van der Waals surface area contributed by atoms with Crippen LogP contribution in [0.1, 0.15) is 19.3 Å². The van der Waals surface area contributed by atoms with Gasteiger partial charge in [-0.1, -0.05) is 6.42 Å². The Labute approximate surface area is 125 Å². The summed E-state index contributed by atoms with van der Waals surface area (Å²) < 4.78 is 10.7. The maximum absolute atomic E-state index is 12.2. The summed E-state index contributed by atoms with van der Waals surface area (Å²) in [6.07, 6.45) is 3.15. The fourth-order valence-electron chi connectivity index (χ4n) is 2.72. The summed E-state index contributed by atoms with van der Waals surface area (Å²) in [6, 6.07) is 5.95. The van der Waals surface area contributed by atoms with E-state index in [4.69, 9.17) is 9.47 Å². The summed E-state index contributed by atoms with van der Waals surface area (Å²) in [6.45, 7) is 3.25. The zero-order chi connectivity index (χ0) is 14.7. The fourth-order valence-corrected chi connectivity index (χ4v) is 2.72. The van der Waals surface area contributed by atoms with Crippen LogP contribution < -0.4 is 15.0 Å². The molecule has 5 nitrogen and oxygen atoms in total. The molecule has 5 heteroatoms. The highest BCUT2D eigenvalue weighted by molar-refractivity contribution is 5.95. The molecule has 2 fully saturated rings. The Morgan fingerprint density at radius 1 is 1.33 bits per heavy atom. The molecular formula is C16H22N2O3. The van der Waals surface area contributed by atoms with Crippen molar-refractivity contribution in [3.05, 3.63) is 18.2 Å². The lowest BCUT2D eigenvalue weighted by molar-refractivity contribution is -0.122. The van der Waals surface area contributed by atoms with Crippen LogP contribution in [0.15, 0.2) is 18.2 Å². The van der Waals surface area contributed by atoms with Gasteiger partial charge in [0, 0.05) is 24.7 Å². The molecule has 1 saturated heterocycles. The first-order valence-electron chi connectivity index (χ1n) is 7.59. The zero-order valence-electron chi connectivity index (χ0n) is 12.4. The summed E-state index contributed by atoms with van der Waals surface area (Å²) in [7, 11) is 1.63. The third-order valence-corrected chi connectivity index (χ3v) is 4.29. The van der Waals surface area contributed by atoms with E-state index in [9.17, 15) is 4.79 Å². The molecule has 1 aliphatic heterocycles. The highest BCUT2D eigenvalue weighted by Gasteiger charge is 2.26. The summed E-state index contributed by atoms with van der Waals surface area (Å²) in [4.78, 5) is 14.4. The minimum atomic E-state index is 0.110. The second-order valence-electron chi connectivity index (χ2n) is 5.60. The number of benzene rings is 1. The first kappa shape index (κ1) is 14.2. The lowest BCUT2D eigenvalue weighted by Crippen LogP contribution is -2.36. The Hall–Kier alpha value is -1.75. The van der Waals surface area contributed by atoms with Crippen LogP contribution in [-0.4, -0.2) is 39.3 Å². The van der Waals surface area contributed by atoms with Crippen molar-refractivity contribution in [2.75, 3.05) is 43.6 Å². The quantitative estimate of drug-likeness (QED) is 0.924. The highest BCUT2D eigenvalue weighted by Crippen LogP contribution is 2.33. The number of rotatable bonds is 4. The van der Waals surface area contributed by atoms with Crippen molar-refractivity contribution in [1.82, 2.24) is 0 Å². The Morgan fingerprint density at radius 3 is 2.71 bits per heavy atom. The standard InChI is InChI=1S/C16H22N2O3/c1-20-15-6-5-13(18-7-9-21-10-8-18)11-14(15)17-16(19)12-3-2-4-12/h5-6,11-12H,2-4,7-10H2,1H3,(H,17,19). The van der Waals surface area contributed by atoms with Gasteiger partial charge in [-0.15, -0.1) is 0 Å². The van der Waals surface area contributed by atoms with E-state index in [0.717, 1.165) is 56.9 Å². The second-order valence-corrected chi connectivity index (χ2v) is 5.60. The Balaban J connectivity index is 1.77. The first-order valence-corrected chi connectivity index (χ1v) is 7.59. The van der Waals surface area contributed by atoms with E-state index in [1.807, 2.05) is 18.2 Å². The van der Waals surface area contributed by atoms with Gasteiger partial charge in [0.2, 0.25) is 5.91 Å². The topological polar surface area (TPSA) is 50.8 Å². The number of nitrogens with zero attached hydrogens (tertiary/aromatic N) is 1. The maximum Gasteiger partial charge on any atom is 0.227 e. The van der Waals surface area contributed by atoms with Crippen LogP contribution in [0.3, 0.4) is 0 Å². The van der Waals surface area contributed by atoms with E-state index in [1.54, 1.807) is 7.11 Å². The Morgan fingerprint density at radius 2 is 2.10 bits per heavy atom. The number of carbonyl (C=O) groups excluding carboxylic acids is 1. The Kier molecular flexibility index (Phi) is 4.29. The van der Waals surface area contributed by atoms with Crippen LogP contribution in [0.25, 0.3) is 0 Å². The van der Waals surface area contributed by atoms with Crippen LogP contribution in [-0.2, 0) is 9.53 Å². The molecule has 0 atom stereocenters. The van der Waals surface area contributed by atoms with E-state index in [1.165, 1.54) is 0 Å². The molecule has 0 bridgehead atoms. The van der Waals surface area contributed by atoms with Gasteiger partial charge in [0.15, 0.2) is 0 Å². The number of hydrogen-bond donors (Lipinski definition) is 1. The molecule has 0 aromatic heterocycles. The van der Waals surface area contributed by atoms with Crippen LogP contribution >= 0.6 is 0 Å². The predicted octanol–water partition coefficient (Wildman–Crippen LogP) is 2.27. The lowest BCUT2D eigenvalue weighted by atomic mass is 9.85. The third-order valence-electron chi connectivity index (χ3n) is 4.29. The van der Waals surface area contributed by atoms with Gasteiger partial charge >= 0.3 is 0 Å². The average Bonchev–Trinajstić information content (AvgIpc) is 2.46. The van der Waals surface area contributed by atoms with E-state index < -0.39 is 0 Å². The van der Waals surface area contributed by atoms with Gasteiger partial charge in [-0.3, -0.25) is 4.79 Å². The van der Waals surface area contributed by atoms with Crippen molar-refractivity contribution in [2.45, 2.75) is 19.3 Å². The predicted molar refractivity (Wildman–Crippen MR) is 82.0 cm³/mol. The molecule has 0 radical (unpaired) electrons. The molecule has 1 heterocycles. The second kappa shape index (κ2) is 6.35.